The zero-order chi connectivity index (χ0) is 20.4. The van der Waals surface area contributed by atoms with Crippen LogP contribution in [0.15, 0.2) is 48.5 Å². The second kappa shape index (κ2) is 7.95. The van der Waals surface area contributed by atoms with Crippen molar-refractivity contribution in [1.82, 2.24) is 9.80 Å². The number of amides is 2. The first kappa shape index (κ1) is 19.0. The molecule has 0 aromatic heterocycles. The number of cyclic esters (lactones) is 1. The number of benzene rings is 2. The lowest BCUT2D eigenvalue weighted by atomic mass is 9.98. The highest BCUT2D eigenvalue weighted by Crippen LogP contribution is 2.22. The van der Waals surface area contributed by atoms with Crippen molar-refractivity contribution >= 4 is 17.8 Å². The standard InChI is InChI=1S/C22H22N2O5/c1-28-17-8-6-15(7-9-17)20(25)23-10-12-24(13-11-23)21(26)19-14-16-4-2-3-5-18(16)22(27)29-19/h2-9,19H,10-14H2,1H3. The second-order valence-corrected chi connectivity index (χ2v) is 7.10. The summed E-state index contributed by atoms with van der Waals surface area (Å²) in [6.07, 6.45) is -0.424. The number of nitrogens with zero attached hydrogens (tertiary/aromatic N) is 2. The fourth-order valence-corrected chi connectivity index (χ4v) is 3.72. The lowest BCUT2D eigenvalue weighted by Crippen LogP contribution is -2.54. The maximum absolute atomic E-state index is 12.9. The third-order valence-corrected chi connectivity index (χ3v) is 5.38. The molecule has 0 saturated carbocycles. The Morgan fingerprint density at radius 2 is 1.62 bits per heavy atom. The van der Waals surface area contributed by atoms with Crippen molar-refractivity contribution in [2.45, 2.75) is 12.5 Å². The molecule has 2 amide bonds. The van der Waals surface area contributed by atoms with E-state index >= 15 is 0 Å². The number of piperazine rings is 1. The molecule has 29 heavy (non-hydrogen) atoms. The minimum atomic E-state index is -0.804. The van der Waals surface area contributed by atoms with Gasteiger partial charge in [0.05, 0.1) is 12.7 Å². The van der Waals surface area contributed by atoms with Crippen LogP contribution in [0.3, 0.4) is 0 Å². The van der Waals surface area contributed by atoms with E-state index in [-0.39, 0.29) is 11.8 Å². The SMILES string of the molecule is COc1ccc(C(=O)N2CCN(C(=O)C3Cc4ccccc4C(=O)O3)CC2)cc1. The number of carbonyl (C=O) groups is 3. The van der Waals surface area contributed by atoms with Crippen LogP contribution < -0.4 is 4.74 Å². The zero-order valence-electron chi connectivity index (χ0n) is 16.2. The first-order valence-electron chi connectivity index (χ1n) is 9.58. The van der Waals surface area contributed by atoms with E-state index in [1.165, 1.54) is 0 Å². The Labute approximate surface area is 168 Å². The Bertz CT molecular complexity index is 932. The molecule has 2 aromatic carbocycles. The molecule has 0 aliphatic carbocycles. The van der Waals surface area contributed by atoms with Gasteiger partial charge in [0.1, 0.15) is 5.75 Å². The topological polar surface area (TPSA) is 76.2 Å². The predicted molar refractivity (Wildman–Crippen MR) is 105 cm³/mol. The van der Waals surface area contributed by atoms with Gasteiger partial charge in [-0.25, -0.2) is 4.79 Å². The molecule has 2 aliphatic rings. The third-order valence-electron chi connectivity index (χ3n) is 5.38. The summed E-state index contributed by atoms with van der Waals surface area (Å²) in [4.78, 5) is 41.1. The Kier molecular flexibility index (Phi) is 5.20. The highest BCUT2D eigenvalue weighted by molar-refractivity contribution is 5.96. The molecule has 4 rings (SSSR count). The summed E-state index contributed by atoms with van der Waals surface area (Å²) in [5.74, 6) is -0.0405. The Hall–Kier alpha value is -3.35. The van der Waals surface area contributed by atoms with Crippen LogP contribution in [0.25, 0.3) is 0 Å². The summed E-state index contributed by atoms with van der Waals surface area (Å²) in [6.45, 7) is 1.70. The highest BCUT2D eigenvalue weighted by atomic mass is 16.5. The Morgan fingerprint density at radius 1 is 0.966 bits per heavy atom. The number of carbonyl (C=O) groups excluding carboxylic acids is 3. The van der Waals surface area contributed by atoms with Crippen molar-refractivity contribution < 1.29 is 23.9 Å². The van der Waals surface area contributed by atoms with Crippen LogP contribution in [0.5, 0.6) is 5.75 Å². The molecule has 1 atom stereocenters. The van der Waals surface area contributed by atoms with Crippen molar-refractivity contribution in [1.29, 1.82) is 0 Å². The zero-order valence-corrected chi connectivity index (χ0v) is 16.2. The predicted octanol–water partition coefficient (Wildman–Crippen LogP) is 1.76. The van der Waals surface area contributed by atoms with Gasteiger partial charge in [0.25, 0.3) is 11.8 Å². The van der Waals surface area contributed by atoms with Crippen LogP contribution in [-0.2, 0) is 16.0 Å². The smallest absolute Gasteiger partial charge is 0.339 e. The molecule has 7 nitrogen and oxygen atoms in total. The fourth-order valence-electron chi connectivity index (χ4n) is 3.72. The van der Waals surface area contributed by atoms with Crippen LogP contribution in [0, 0.1) is 0 Å². The monoisotopic (exact) mass is 394 g/mol. The van der Waals surface area contributed by atoms with Gasteiger partial charge in [0, 0.05) is 38.2 Å². The molecule has 1 saturated heterocycles. The van der Waals surface area contributed by atoms with Gasteiger partial charge < -0.3 is 19.3 Å². The number of methoxy groups -OCH3 is 1. The van der Waals surface area contributed by atoms with Crippen LogP contribution in [0.4, 0.5) is 0 Å². The fraction of sp³-hybridized carbons (Fsp3) is 0.318. The number of ether oxygens (including phenoxy) is 2. The number of fused-ring (bicyclic) bond motifs is 1. The van der Waals surface area contributed by atoms with Crippen molar-refractivity contribution in [2.75, 3.05) is 33.3 Å². The van der Waals surface area contributed by atoms with E-state index in [0.717, 1.165) is 5.56 Å². The van der Waals surface area contributed by atoms with Crippen LogP contribution in [0.1, 0.15) is 26.3 Å². The minimum Gasteiger partial charge on any atom is -0.497 e. The first-order valence-corrected chi connectivity index (χ1v) is 9.58. The van der Waals surface area contributed by atoms with Gasteiger partial charge in [0.15, 0.2) is 6.10 Å². The molecule has 1 unspecified atom stereocenters. The van der Waals surface area contributed by atoms with Crippen LogP contribution in [0.2, 0.25) is 0 Å². The Morgan fingerprint density at radius 3 is 2.31 bits per heavy atom. The summed E-state index contributed by atoms with van der Waals surface area (Å²) in [5, 5.41) is 0. The Balaban J connectivity index is 1.36. The van der Waals surface area contributed by atoms with Gasteiger partial charge in [-0.3, -0.25) is 9.59 Å². The van der Waals surface area contributed by atoms with Crippen molar-refractivity contribution in [3.63, 3.8) is 0 Å². The highest BCUT2D eigenvalue weighted by Gasteiger charge is 2.35. The van der Waals surface area contributed by atoms with E-state index in [2.05, 4.69) is 0 Å². The normalized spacial score (nSPS) is 18.7. The number of hydrogen-bond acceptors (Lipinski definition) is 5. The number of esters is 1. The summed E-state index contributed by atoms with van der Waals surface area (Å²) < 4.78 is 10.5. The maximum atomic E-state index is 12.9. The average Bonchev–Trinajstić information content (AvgIpc) is 2.78. The van der Waals surface area contributed by atoms with Crippen molar-refractivity contribution in [3.05, 3.63) is 65.2 Å². The second-order valence-electron chi connectivity index (χ2n) is 7.10. The lowest BCUT2D eigenvalue weighted by molar-refractivity contribution is -0.142. The largest absolute Gasteiger partial charge is 0.497 e. The number of rotatable bonds is 3. The number of hydrogen-bond donors (Lipinski definition) is 0. The van der Waals surface area contributed by atoms with Gasteiger partial charge in [0.2, 0.25) is 0 Å². The molecule has 0 bridgehead atoms. The van der Waals surface area contributed by atoms with E-state index in [1.807, 2.05) is 12.1 Å². The maximum Gasteiger partial charge on any atom is 0.339 e. The van der Waals surface area contributed by atoms with Gasteiger partial charge >= 0.3 is 5.97 Å². The molecule has 0 N–H and O–H groups in total. The molecule has 0 radical (unpaired) electrons. The summed E-state index contributed by atoms with van der Waals surface area (Å²) in [6, 6.07) is 14.2. The van der Waals surface area contributed by atoms with E-state index in [1.54, 1.807) is 53.3 Å². The molecular weight excluding hydrogens is 372 g/mol. The molecule has 2 aliphatic heterocycles. The molecular formula is C22H22N2O5. The van der Waals surface area contributed by atoms with Gasteiger partial charge in [-0.15, -0.1) is 0 Å². The summed E-state index contributed by atoms with van der Waals surface area (Å²) >= 11 is 0. The van der Waals surface area contributed by atoms with Gasteiger partial charge in [-0.1, -0.05) is 18.2 Å². The first-order chi connectivity index (χ1) is 14.1. The molecule has 2 aromatic rings. The third kappa shape index (κ3) is 3.81. The minimum absolute atomic E-state index is 0.0715. The molecule has 150 valence electrons. The van der Waals surface area contributed by atoms with Gasteiger partial charge in [-0.05, 0) is 35.9 Å². The molecule has 2 heterocycles. The van der Waals surface area contributed by atoms with E-state index in [9.17, 15) is 14.4 Å². The van der Waals surface area contributed by atoms with Gasteiger partial charge in [-0.2, -0.15) is 0 Å². The van der Waals surface area contributed by atoms with E-state index in [4.69, 9.17) is 9.47 Å². The summed E-state index contributed by atoms with van der Waals surface area (Å²) in [7, 11) is 1.58. The van der Waals surface area contributed by atoms with E-state index < -0.39 is 12.1 Å². The molecule has 1 fully saturated rings. The van der Waals surface area contributed by atoms with Crippen molar-refractivity contribution in [3.8, 4) is 5.75 Å². The quantitative estimate of drug-likeness (QED) is 0.742. The van der Waals surface area contributed by atoms with Crippen LogP contribution >= 0.6 is 0 Å². The average molecular weight is 394 g/mol. The van der Waals surface area contributed by atoms with Crippen molar-refractivity contribution in [2.24, 2.45) is 0 Å². The molecule has 7 heteroatoms. The molecule has 0 spiro atoms. The summed E-state index contributed by atoms with van der Waals surface area (Å²) in [5.41, 5.74) is 1.94. The lowest BCUT2D eigenvalue weighted by Gasteiger charge is -2.37. The van der Waals surface area contributed by atoms with E-state index in [0.29, 0.717) is 49.5 Å². The van der Waals surface area contributed by atoms with Crippen LogP contribution in [-0.4, -0.2) is 67.0 Å².